The number of ether oxygens (including phenoxy) is 1. The number of carbonyl (C=O) groups excluding carboxylic acids is 1. The van der Waals surface area contributed by atoms with Gasteiger partial charge in [0.15, 0.2) is 0 Å². The Morgan fingerprint density at radius 1 is 1.64 bits per heavy atom. The van der Waals surface area contributed by atoms with Crippen molar-refractivity contribution in [2.75, 3.05) is 6.61 Å². The third-order valence-electron chi connectivity index (χ3n) is 0.985. The molecule has 3 nitrogen and oxygen atoms in total. The Balaban J connectivity index is 3.74. The van der Waals surface area contributed by atoms with Crippen molar-refractivity contribution >= 4 is 5.97 Å². The highest BCUT2D eigenvalue weighted by Crippen LogP contribution is 1.91. The molecule has 11 heavy (non-hydrogen) atoms. The zero-order valence-electron chi connectivity index (χ0n) is 7.31. The molecule has 0 aliphatic heterocycles. The summed E-state index contributed by atoms with van der Waals surface area (Å²) in [5, 5.41) is 2.86. The second-order valence-corrected chi connectivity index (χ2v) is 2.50. The summed E-state index contributed by atoms with van der Waals surface area (Å²) in [5.74, 6) is -0.374. The molecule has 0 heterocycles. The Morgan fingerprint density at radius 2 is 2.18 bits per heavy atom. The van der Waals surface area contributed by atoms with E-state index < -0.39 is 0 Å². The molecule has 3 heteroatoms. The fourth-order valence-electron chi connectivity index (χ4n) is 0.626. The van der Waals surface area contributed by atoms with Crippen molar-refractivity contribution in [2.24, 2.45) is 0 Å². The van der Waals surface area contributed by atoms with Crippen molar-refractivity contribution in [1.82, 2.24) is 5.32 Å². The van der Waals surface area contributed by atoms with Gasteiger partial charge in [0.25, 0.3) is 0 Å². The van der Waals surface area contributed by atoms with Crippen molar-refractivity contribution in [3.05, 3.63) is 12.3 Å². The fourth-order valence-corrected chi connectivity index (χ4v) is 0.626. The summed E-state index contributed by atoms with van der Waals surface area (Å²) in [4.78, 5) is 10.9. The molecule has 0 aliphatic carbocycles. The number of hydrogen-bond donors (Lipinski definition) is 1. The van der Waals surface area contributed by atoms with Crippen LogP contribution in [0.25, 0.3) is 0 Å². The maximum atomic E-state index is 10.9. The number of nitrogens with one attached hydrogen (secondary N) is 1. The van der Waals surface area contributed by atoms with E-state index in [4.69, 9.17) is 4.74 Å². The third-order valence-corrected chi connectivity index (χ3v) is 0.985. The Kier molecular flexibility index (Phi) is 4.34. The van der Waals surface area contributed by atoms with Crippen LogP contribution < -0.4 is 5.32 Å². The molecule has 1 N–H and O–H groups in total. The van der Waals surface area contributed by atoms with Crippen LogP contribution in [0.1, 0.15) is 20.8 Å². The van der Waals surface area contributed by atoms with Crippen molar-refractivity contribution in [1.29, 1.82) is 0 Å². The minimum absolute atomic E-state index is 0.215. The van der Waals surface area contributed by atoms with Gasteiger partial charge in [0, 0.05) is 6.04 Å². The standard InChI is InChI=1S/C8H15NO2/c1-5-11-8(10)7(4)9-6(2)3/h6,9H,4-5H2,1-3H3. The summed E-state index contributed by atoms with van der Waals surface area (Å²) < 4.78 is 4.70. The maximum absolute atomic E-state index is 10.9. The van der Waals surface area contributed by atoms with Gasteiger partial charge in [0.2, 0.25) is 0 Å². The van der Waals surface area contributed by atoms with Crippen LogP contribution >= 0.6 is 0 Å². The molecule has 0 unspecified atom stereocenters. The van der Waals surface area contributed by atoms with Crippen LogP contribution in [0.15, 0.2) is 12.3 Å². The average Bonchev–Trinajstić information content (AvgIpc) is 1.86. The van der Waals surface area contributed by atoms with E-state index in [1.54, 1.807) is 6.92 Å². The second-order valence-electron chi connectivity index (χ2n) is 2.50. The topological polar surface area (TPSA) is 38.3 Å². The monoisotopic (exact) mass is 157 g/mol. The molecule has 0 radical (unpaired) electrons. The van der Waals surface area contributed by atoms with E-state index in [9.17, 15) is 4.79 Å². The Labute approximate surface area is 67.4 Å². The highest BCUT2D eigenvalue weighted by atomic mass is 16.5. The Morgan fingerprint density at radius 3 is 2.55 bits per heavy atom. The van der Waals surface area contributed by atoms with E-state index in [2.05, 4.69) is 11.9 Å². The lowest BCUT2D eigenvalue weighted by atomic mass is 10.3. The molecule has 64 valence electrons. The van der Waals surface area contributed by atoms with Gasteiger partial charge in [-0.1, -0.05) is 6.58 Å². The van der Waals surface area contributed by atoms with Gasteiger partial charge in [0.05, 0.1) is 6.61 Å². The van der Waals surface area contributed by atoms with Gasteiger partial charge >= 0.3 is 5.97 Å². The summed E-state index contributed by atoms with van der Waals surface area (Å²) in [5.41, 5.74) is 0.321. The van der Waals surface area contributed by atoms with E-state index in [1.165, 1.54) is 0 Å². The molecule has 0 atom stereocenters. The molecule has 0 saturated heterocycles. The summed E-state index contributed by atoms with van der Waals surface area (Å²) in [6.45, 7) is 9.55. The van der Waals surface area contributed by atoms with Gasteiger partial charge in [-0.05, 0) is 20.8 Å². The molecule has 0 fully saturated rings. The first kappa shape index (κ1) is 10.0. The van der Waals surface area contributed by atoms with Crippen LogP contribution in [0.4, 0.5) is 0 Å². The third kappa shape index (κ3) is 4.42. The highest BCUT2D eigenvalue weighted by Gasteiger charge is 2.07. The van der Waals surface area contributed by atoms with Crippen LogP contribution in [-0.4, -0.2) is 18.6 Å². The number of hydrogen-bond acceptors (Lipinski definition) is 3. The summed E-state index contributed by atoms with van der Waals surface area (Å²) >= 11 is 0. The largest absolute Gasteiger partial charge is 0.461 e. The SMILES string of the molecule is C=C(NC(C)C)C(=O)OCC. The van der Waals surface area contributed by atoms with Crippen LogP contribution in [-0.2, 0) is 9.53 Å². The summed E-state index contributed by atoms with van der Waals surface area (Å²) in [7, 11) is 0. The van der Waals surface area contributed by atoms with Crippen LogP contribution in [0, 0.1) is 0 Å². The second kappa shape index (κ2) is 4.77. The lowest BCUT2D eigenvalue weighted by molar-refractivity contribution is -0.139. The molecule has 0 rings (SSSR count). The lowest BCUT2D eigenvalue weighted by Gasteiger charge is -2.10. The van der Waals surface area contributed by atoms with Crippen molar-refractivity contribution < 1.29 is 9.53 Å². The smallest absolute Gasteiger partial charge is 0.353 e. The molecule has 0 aliphatic rings. The average molecular weight is 157 g/mol. The summed E-state index contributed by atoms with van der Waals surface area (Å²) in [6.07, 6.45) is 0. The zero-order valence-corrected chi connectivity index (χ0v) is 7.31. The van der Waals surface area contributed by atoms with Crippen molar-refractivity contribution in [3.8, 4) is 0 Å². The number of rotatable bonds is 4. The molecule has 0 aromatic carbocycles. The van der Waals surface area contributed by atoms with Crippen molar-refractivity contribution in [2.45, 2.75) is 26.8 Å². The lowest BCUT2D eigenvalue weighted by Crippen LogP contribution is -2.27. The highest BCUT2D eigenvalue weighted by molar-refractivity contribution is 5.87. The van der Waals surface area contributed by atoms with Crippen LogP contribution in [0.5, 0.6) is 0 Å². The molecular formula is C8H15NO2. The molecule has 0 spiro atoms. The fraction of sp³-hybridized carbons (Fsp3) is 0.625. The Bertz CT molecular complexity index is 152. The molecule has 0 bridgehead atoms. The van der Waals surface area contributed by atoms with Gasteiger partial charge in [-0.2, -0.15) is 0 Å². The minimum atomic E-state index is -0.374. The first-order valence-electron chi connectivity index (χ1n) is 3.70. The normalized spacial score (nSPS) is 9.45. The first-order chi connectivity index (χ1) is 5.07. The van der Waals surface area contributed by atoms with E-state index in [-0.39, 0.29) is 12.0 Å². The van der Waals surface area contributed by atoms with Crippen LogP contribution in [0.2, 0.25) is 0 Å². The number of esters is 1. The van der Waals surface area contributed by atoms with Crippen LogP contribution in [0.3, 0.4) is 0 Å². The van der Waals surface area contributed by atoms with Crippen molar-refractivity contribution in [3.63, 3.8) is 0 Å². The van der Waals surface area contributed by atoms with E-state index in [1.807, 2.05) is 13.8 Å². The Hall–Kier alpha value is -0.990. The predicted molar refractivity (Wildman–Crippen MR) is 44.0 cm³/mol. The van der Waals surface area contributed by atoms with E-state index >= 15 is 0 Å². The minimum Gasteiger partial charge on any atom is -0.461 e. The quantitative estimate of drug-likeness (QED) is 0.490. The zero-order chi connectivity index (χ0) is 8.85. The molecule has 0 aromatic heterocycles. The molecular weight excluding hydrogens is 142 g/mol. The number of carbonyl (C=O) groups is 1. The molecule has 0 aromatic rings. The molecule has 0 saturated carbocycles. The van der Waals surface area contributed by atoms with Gasteiger partial charge in [-0.3, -0.25) is 0 Å². The van der Waals surface area contributed by atoms with Gasteiger partial charge in [0.1, 0.15) is 5.70 Å². The van der Waals surface area contributed by atoms with Gasteiger partial charge < -0.3 is 10.1 Å². The predicted octanol–water partition coefficient (Wildman–Crippen LogP) is 1.06. The molecule has 0 amide bonds. The van der Waals surface area contributed by atoms with Gasteiger partial charge in [-0.25, -0.2) is 4.79 Å². The summed E-state index contributed by atoms with van der Waals surface area (Å²) in [6, 6.07) is 0.215. The van der Waals surface area contributed by atoms with E-state index in [0.717, 1.165) is 0 Å². The van der Waals surface area contributed by atoms with Gasteiger partial charge in [-0.15, -0.1) is 0 Å². The van der Waals surface area contributed by atoms with E-state index in [0.29, 0.717) is 12.3 Å². The maximum Gasteiger partial charge on any atom is 0.353 e. The first-order valence-corrected chi connectivity index (χ1v) is 3.70.